The maximum absolute atomic E-state index is 14.7. The lowest BCUT2D eigenvalue weighted by molar-refractivity contribution is -0.259. The second-order valence-corrected chi connectivity index (χ2v) is 19.4. The fourth-order valence-corrected chi connectivity index (χ4v) is 11.8. The molecule has 4 fully saturated rings. The van der Waals surface area contributed by atoms with Gasteiger partial charge in [0.05, 0.1) is 53.2 Å². The Hall–Kier alpha value is -1.36. The Kier molecular flexibility index (Phi) is 13.4. The first-order valence-corrected chi connectivity index (χ1v) is 21.8. The molecule has 3 N–H and O–H groups in total. The van der Waals surface area contributed by atoms with Crippen LogP contribution in [-0.2, 0) is 28.5 Å². The molecule has 310 valence electrons. The number of ketones is 1. The van der Waals surface area contributed by atoms with Crippen LogP contribution in [0.25, 0.3) is 0 Å². The van der Waals surface area contributed by atoms with Crippen molar-refractivity contribution in [2.75, 3.05) is 0 Å². The van der Waals surface area contributed by atoms with Gasteiger partial charge in [0, 0.05) is 18.3 Å². The number of aliphatic hydroxyl groups excluding tert-OH is 1. The molecule has 0 aromatic carbocycles. The van der Waals surface area contributed by atoms with E-state index in [2.05, 4.69) is 68.4 Å². The molecule has 4 saturated heterocycles. The first kappa shape index (κ1) is 43.8. The van der Waals surface area contributed by atoms with E-state index < -0.39 is 40.4 Å². The number of ether oxygens (including phenoxy) is 4. The number of carbonyl (C=O) groups excluding carboxylic acids is 1. The number of carboxylic acid groups (broad SMARTS) is 1. The first-order valence-electron chi connectivity index (χ1n) is 21.8. The van der Waals surface area contributed by atoms with Crippen LogP contribution in [0.1, 0.15) is 147 Å². The Morgan fingerprint density at radius 3 is 2.07 bits per heavy atom. The van der Waals surface area contributed by atoms with Crippen LogP contribution in [0, 0.1) is 53.3 Å². The van der Waals surface area contributed by atoms with Crippen LogP contribution in [-0.4, -0.2) is 86.1 Å². The second kappa shape index (κ2) is 16.5. The number of carbonyl (C=O) groups is 2. The molecule has 9 heteroatoms. The van der Waals surface area contributed by atoms with Crippen LogP contribution in [0.15, 0.2) is 12.2 Å². The Balaban J connectivity index is 1.32. The van der Waals surface area contributed by atoms with Gasteiger partial charge in [0.25, 0.3) is 0 Å². The molecule has 0 amide bonds. The minimum Gasteiger partial charge on any atom is -0.481 e. The molecule has 5 aliphatic rings. The van der Waals surface area contributed by atoms with Crippen LogP contribution in [0.2, 0.25) is 0 Å². The summed E-state index contributed by atoms with van der Waals surface area (Å²) in [6.45, 7) is 25.2. The van der Waals surface area contributed by atoms with Crippen LogP contribution in [0.5, 0.6) is 0 Å². The molecular weight excluding hydrogens is 684 g/mol. The van der Waals surface area contributed by atoms with E-state index in [9.17, 15) is 24.9 Å². The second-order valence-electron chi connectivity index (χ2n) is 19.4. The Morgan fingerprint density at radius 1 is 0.852 bits per heavy atom. The maximum Gasteiger partial charge on any atom is 0.309 e. The highest BCUT2D eigenvalue weighted by atomic mass is 16.6. The van der Waals surface area contributed by atoms with Crippen LogP contribution >= 0.6 is 0 Å². The number of Topliss-reactive ketones (excluding diaryl/α,β-unsaturated/α-hetero) is 1. The number of aliphatic carboxylic acids is 1. The predicted octanol–water partition coefficient (Wildman–Crippen LogP) is 8.17. The van der Waals surface area contributed by atoms with E-state index in [4.69, 9.17) is 18.9 Å². The zero-order valence-corrected chi connectivity index (χ0v) is 35.7. The molecule has 0 saturated carbocycles. The summed E-state index contributed by atoms with van der Waals surface area (Å²) in [4.78, 5) is 26.8. The Bertz CT molecular complexity index is 1350. The van der Waals surface area contributed by atoms with Gasteiger partial charge in [0.15, 0.2) is 0 Å². The summed E-state index contributed by atoms with van der Waals surface area (Å²) in [6, 6.07) is 0. The van der Waals surface area contributed by atoms with E-state index >= 15 is 0 Å². The van der Waals surface area contributed by atoms with Crippen molar-refractivity contribution in [3.05, 3.63) is 12.2 Å². The number of hydrogen-bond acceptors (Lipinski definition) is 8. The van der Waals surface area contributed by atoms with Crippen LogP contribution in [0.4, 0.5) is 0 Å². The number of carboxylic acids is 1. The summed E-state index contributed by atoms with van der Waals surface area (Å²) in [5, 5.41) is 32.6. The summed E-state index contributed by atoms with van der Waals surface area (Å²) < 4.78 is 27.5. The van der Waals surface area contributed by atoms with Crippen molar-refractivity contribution >= 4 is 11.8 Å². The van der Waals surface area contributed by atoms with E-state index in [0.29, 0.717) is 44.9 Å². The van der Waals surface area contributed by atoms with Gasteiger partial charge in [-0.3, -0.25) is 9.59 Å². The summed E-state index contributed by atoms with van der Waals surface area (Å²) in [7, 11) is 0. The minimum absolute atomic E-state index is 0.0281. The monoisotopic (exact) mass is 761 g/mol. The largest absolute Gasteiger partial charge is 0.481 e. The SMILES string of the molecule is CC[C@@H](C(=O)O)C1OC([C@@H](C)[C@H](C)[C@H](C)C(=O)[C@H](CC)C2O[C@]3(C=C[C@@H](O)[C@]4(CC[C@@](C)(C5CC[C@](O)(CC)[C@H](C)O5)O4)C3)[C@H](C)C[C@@H]2C)[C@@H](C)C[C@@H]1C. The zero-order chi connectivity index (χ0) is 40.1. The van der Waals surface area contributed by atoms with Crippen molar-refractivity contribution in [3.63, 3.8) is 0 Å². The number of hydrogen-bond donors (Lipinski definition) is 3. The summed E-state index contributed by atoms with van der Waals surface area (Å²) >= 11 is 0. The maximum atomic E-state index is 14.7. The molecule has 0 aromatic heterocycles. The quantitative estimate of drug-likeness (QED) is 0.169. The van der Waals surface area contributed by atoms with Crippen molar-refractivity contribution in [2.45, 2.75) is 206 Å². The lowest BCUT2D eigenvalue weighted by Gasteiger charge is -2.55. The third-order valence-electron chi connectivity index (χ3n) is 16.0. The zero-order valence-electron chi connectivity index (χ0n) is 35.7. The molecule has 0 aromatic rings. The van der Waals surface area contributed by atoms with Gasteiger partial charge in [-0.25, -0.2) is 0 Å². The highest BCUT2D eigenvalue weighted by molar-refractivity contribution is 5.84. The van der Waals surface area contributed by atoms with E-state index in [0.717, 1.165) is 19.3 Å². The van der Waals surface area contributed by atoms with Gasteiger partial charge in [0.1, 0.15) is 17.5 Å². The lowest BCUT2D eigenvalue weighted by atomic mass is 9.65. The van der Waals surface area contributed by atoms with Crippen molar-refractivity contribution in [1.82, 2.24) is 0 Å². The molecule has 0 bridgehead atoms. The normalized spacial score (nSPS) is 46.9. The van der Waals surface area contributed by atoms with Crippen molar-refractivity contribution < 1.29 is 43.9 Å². The van der Waals surface area contributed by atoms with Crippen LogP contribution < -0.4 is 0 Å². The van der Waals surface area contributed by atoms with E-state index in [1.54, 1.807) is 0 Å². The fraction of sp³-hybridized carbons (Fsp3) is 0.911. The molecule has 4 unspecified atom stereocenters. The van der Waals surface area contributed by atoms with Crippen LogP contribution in [0.3, 0.4) is 0 Å². The molecule has 2 spiro atoms. The summed E-state index contributed by atoms with van der Waals surface area (Å²) in [6.07, 6.45) is 8.88. The highest BCUT2D eigenvalue weighted by Crippen LogP contribution is 2.55. The summed E-state index contributed by atoms with van der Waals surface area (Å²) in [5.74, 6) is -0.787. The topological polar surface area (TPSA) is 132 Å². The highest BCUT2D eigenvalue weighted by Gasteiger charge is 2.62. The third kappa shape index (κ3) is 7.90. The lowest BCUT2D eigenvalue weighted by Crippen LogP contribution is -2.61. The van der Waals surface area contributed by atoms with Gasteiger partial charge in [-0.1, -0.05) is 81.4 Å². The van der Waals surface area contributed by atoms with Gasteiger partial charge in [0.2, 0.25) is 0 Å². The predicted molar refractivity (Wildman–Crippen MR) is 210 cm³/mol. The average molecular weight is 761 g/mol. The third-order valence-corrected chi connectivity index (χ3v) is 16.0. The fourth-order valence-electron chi connectivity index (χ4n) is 11.8. The molecule has 4 heterocycles. The van der Waals surface area contributed by atoms with Gasteiger partial charge in [-0.2, -0.15) is 0 Å². The van der Waals surface area contributed by atoms with E-state index in [1.165, 1.54) is 0 Å². The van der Waals surface area contributed by atoms with E-state index in [1.807, 2.05) is 26.8 Å². The Morgan fingerprint density at radius 2 is 1.48 bits per heavy atom. The first-order chi connectivity index (χ1) is 25.2. The molecule has 54 heavy (non-hydrogen) atoms. The van der Waals surface area contributed by atoms with Crippen molar-refractivity contribution in [3.8, 4) is 0 Å². The number of aliphatic hydroxyl groups is 2. The molecule has 4 aliphatic heterocycles. The molecule has 0 radical (unpaired) electrons. The van der Waals surface area contributed by atoms with Crippen molar-refractivity contribution in [1.29, 1.82) is 0 Å². The molecular formula is C45H76O9. The average Bonchev–Trinajstić information content (AvgIpc) is 3.47. The molecule has 19 atom stereocenters. The number of rotatable bonds is 12. The van der Waals surface area contributed by atoms with Gasteiger partial charge >= 0.3 is 5.97 Å². The Labute approximate surface area is 326 Å². The van der Waals surface area contributed by atoms with Crippen molar-refractivity contribution in [2.24, 2.45) is 53.3 Å². The molecule has 1 aliphatic carbocycles. The molecule has 9 nitrogen and oxygen atoms in total. The van der Waals surface area contributed by atoms with Gasteiger partial charge in [-0.15, -0.1) is 0 Å². The standard InChI is InChI=1S/C45H76O9/c1-13-33(37(47)30(9)29(8)31(10)38-25(4)22-26(5)39(52-38)34(14-2)41(48)49)40-27(6)23-28(7)44(53-40)19-16-35(46)45(24-44)21-20-42(12,54-45)36-17-18-43(50,15-3)32(11)51-36/h16,19,25-36,38-40,46,50H,13-15,17-18,20-24H2,1-12H3,(H,48,49)/t25-,26-,27-,28+,29+,30-,31-,32-,33-,34+,35+,36?,38?,39?,40?,42-,43+,44-,45-/m0/s1. The van der Waals surface area contributed by atoms with Gasteiger partial charge < -0.3 is 34.3 Å². The smallest absolute Gasteiger partial charge is 0.309 e. The van der Waals surface area contributed by atoms with Gasteiger partial charge in [-0.05, 0) is 107 Å². The molecule has 5 rings (SSSR count). The van der Waals surface area contributed by atoms with E-state index in [-0.39, 0.29) is 83.6 Å². The minimum atomic E-state index is -0.833. The summed E-state index contributed by atoms with van der Waals surface area (Å²) in [5.41, 5.74) is -2.95.